The van der Waals surface area contributed by atoms with Gasteiger partial charge in [0, 0.05) is 11.8 Å². The highest BCUT2D eigenvalue weighted by Gasteiger charge is 2.20. The van der Waals surface area contributed by atoms with Crippen LogP contribution in [0.4, 0.5) is 38.9 Å². The van der Waals surface area contributed by atoms with E-state index in [9.17, 15) is 56.7 Å². The Balaban J connectivity index is 1.54. The Bertz CT molecular complexity index is 2730. The van der Waals surface area contributed by atoms with Crippen LogP contribution >= 0.6 is 0 Å². The molecule has 0 saturated carbocycles. The van der Waals surface area contributed by atoms with Crippen LogP contribution in [-0.2, 0) is 40.5 Å². The van der Waals surface area contributed by atoms with Crippen molar-refractivity contribution in [3.63, 3.8) is 0 Å². The van der Waals surface area contributed by atoms with E-state index in [4.69, 9.17) is 10.5 Å². The average Bonchev–Trinajstić information content (AvgIpc) is 3.08. The number of anilines is 2. The molecule has 0 saturated heterocycles. The fourth-order valence-corrected chi connectivity index (χ4v) is 6.73. The lowest BCUT2D eigenvalue weighted by atomic mass is 10.2. The molecule has 302 valence electrons. The Morgan fingerprint density at radius 1 is 0.649 bits per heavy atom. The largest absolute Gasteiger partial charge is 0.494 e. The normalized spacial score (nSPS) is 12.8. The van der Waals surface area contributed by atoms with Crippen LogP contribution in [0.3, 0.4) is 0 Å². The highest BCUT2D eigenvalue weighted by molar-refractivity contribution is 7.87. The number of carbonyl (C=O) groups excluding carboxylic acids is 1. The summed E-state index contributed by atoms with van der Waals surface area (Å²) in [6.45, 7) is 5.39. The number of nitrogens with one attached hydrogen (secondary N) is 3. The van der Waals surface area contributed by atoms with Gasteiger partial charge in [0.2, 0.25) is 5.96 Å². The molecule has 23 nitrogen and oxygen atoms in total. The molecular weight excluding hydrogens is 839 g/mol. The lowest BCUT2D eigenvalue weighted by Gasteiger charge is -2.14. The summed E-state index contributed by atoms with van der Waals surface area (Å²) < 4.78 is 136. The van der Waals surface area contributed by atoms with Gasteiger partial charge in [-0.25, -0.2) is 4.79 Å². The van der Waals surface area contributed by atoms with Gasteiger partial charge in [-0.05, 0) is 79.2 Å². The number of ether oxygens (including phenoxy) is 1. The van der Waals surface area contributed by atoms with Crippen molar-refractivity contribution in [2.45, 2.75) is 26.5 Å². The van der Waals surface area contributed by atoms with E-state index in [1.165, 1.54) is 43.5 Å². The lowest BCUT2D eigenvalue weighted by Crippen LogP contribution is -2.39. The van der Waals surface area contributed by atoms with E-state index in [-0.39, 0.29) is 46.0 Å². The third-order valence-electron chi connectivity index (χ3n) is 6.89. The zero-order chi connectivity index (χ0) is 42.5. The van der Waals surface area contributed by atoms with Gasteiger partial charge in [0.05, 0.1) is 55.1 Å². The second-order valence-corrected chi connectivity index (χ2v) is 16.8. The van der Waals surface area contributed by atoms with Gasteiger partial charge in [-0.15, -0.1) is 0 Å². The Morgan fingerprint density at radius 3 is 1.56 bits per heavy atom. The topological polar surface area (TPSA) is 368 Å². The van der Waals surface area contributed by atoms with Crippen LogP contribution in [0.15, 0.2) is 130 Å². The quantitative estimate of drug-likeness (QED) is 0.0385. The minimum absolute atomic E-state index is 0.0720. The third-order valence-corrected chi connectivity index (χ3v) is 10.2. The molecule has 0 aliphatic carbocycles. The van der Waals surface area contributed by atoms with Crippen LogP contribution in [0.5, 0.6) is 5.75 Å². The van der Waals surface area contributed by atoms with Crippen molar-refractivity contribution in [3.8, 4) is 5.75 Å². The molecule has 0 aliphatic heterocycles. The molecule has 57 heavy (non-hydrogen) atoms. The first-order valence-electron chi connectivity index (χ1n) is 15.0. The number of carbonyl (C=O) groups is 1. The number of urea groups is 1. The molecule has 0 fully saturated rings. The number of benzene rings is 4. The van der Waals surface area contributed by atoms with E-state index in [0.717, 1.165) is 24.3 Å². The number of rotatable bonds is 13. The van der Waals surface area contributed by atoms with Gasteiger partial charge < -0.3 is 21.1 Å². The predicted molar refractivity (Wildman–Crippen MR) is 201 cm³/mol. The van der Waals surface area contributed by atoms with E-state index >= 15 is 0 Å². The number of nitrogens with zero attached hydrogens (tertiary/aromatic N) is 5. The van der Waals surface area contributed by atoms with Crippen molar-refractivity contribution in [1.82, 2.24) is 5.32 Å². The molecular formula is C30H29N9O14S4. The Labute approximate surface area is 324 Å². The fourth-order valence-electron chi connectivity index (χ4n) is 4.40. The number of nitrogens with two attached hydrogens (primary N) is 1. The van der Waals surface area contributed by atoms with Crippen LogP contribution in [0, 0.1) is 6.92 Å². The smallest absolute Gasteiger partial charge is 0.318 e. The molecule has 0 radical (unpaired) electrons. The summed E-state index contributed by atoms with van der Waals surface area (Å²) in [5, 5.41) is 23.4. The number of aliphatic imine (C=N–C) groups is 1. The molecule has 0 spiro atoms. The fraction of sp³-hybridized carbons (Fsp3) is 0.0667. The first-order chi connectivity index (χ1) is 26.3. The summed E-state index contributed by atoms with van der Waals surface area (Å²) in [7, 11) is -18.2. The van der Waals surface area contributed by atoms with Crippen LogP contribution in [0.2, 0.25) is 0 Å². The maximum absolute atomic E-state index is 11.8. The number of methoxy groups -OCH3 is 1. The molecule has 9 N–H and O–H groups in total. The monoisotopic (exact) mass is 867 g/mol. The van der Waals surface area contributed by atoms with Gasteiger partial charge >= 0.3 is 6.03 Å². The number of primary amides is 1. The van der Waals surface area contributed by atoms with Crippen LogP contribution in [-0.4, -0.2) is 71.0 Å². The summed E-state index contributed by atoms with van der Waals surface area (Å²) in [6.07, 6.45) is 0. The van der Waals surface area contributed by atoms with Crippen LogP contribution < -0.4 is 26.4 Å². The van der Waals surface area contributed by atoms with E-state index in [1.807, 2.05) is 0 Å². The van der Waals surface area contributed by atoms with Gasteiger partial charge in [0.15, 0.2) is 0 Å². The molecule has 4 rings (SSSR count). The minimum atomic E-state index is -4.88. The molecule has 4 aromatic rings. The highest BCUT2D eigenvalue weighted by Crippen LogP contribution is 2.33. The Hall–Kier alpha value is -6.20. The molecule has 2 amide bonds. The van der Waals surface area contributed by atoms with Gasteiger partial charge in [-0.1, -0.05) is 6.58 Å². The SMILES string of the molecule is C=C(N=C(NC(N)=O)Nc1ccc(N=Nc2cc(S(=O)(=O)O)cc(S(=O)(=O)O)c2)c(C)c1)Nc1ccc(N=Nc2cc(S(=O)(=O)O)cc(S(=O)(=O)O)c2)cc1OC. The second kappa shape index (κ2) is 16.9. The lowest BCUT2D eigenvalue weighted by molar-refractivity contribution is 0.253. The van der Waals surface area contributed by atoms with Crippen molar-refractivity contribution >= 4 is 86.6 Å². The van der Waals surface area contributed by atoms with Gasteiger partial charge in [0.25, 0.3) is 40.5 Å². The molecule has 0 aliphatic rings. The maximum Gasteiger partial charge on any atom is 0.318 e. The number of azo groups is 2. The van der Waals surface area contributed by atoms with Crippen LogP contribution in [0.25, 0.3) is 0 Å². The second-order valence-electron chi connectivity index (χ2n) is 11.2. The van der Waals surface area contributed by atoms with Crippen LogP contribution in [0.1, 0.15) is 5.56 Å². The maximum atomic E-state index is 11.8. The molecule has 27 heteroatoms. The first-order valence-corrected chi connectivity index (χ1v) is 20.8. The molecule has 0 unspecified atom stereocenters. The van der Waals surface area contributed by atoms with Crippen molar-refractivity contribution in [3.05, 3.63) is 90.8 Å². The van der Waals surface area contributed by atoms with E-state index in [0.29, 0.717) is 23.4 Å². The summed E-state index contributed by atoms with van der Waals surface area (Å²) >= 11 is 0. The number of guanidine groups is 1. The van der Waals surface area contributed by atoms with Gasteiger partial charge in [-0.2, -0.15) is 59.1 Å². The van der Waals surface area contributed by atoms with E-state index in [2.05, 4.69) is 48.0 Å². The molecule has 0 aromatic heterocycles. The molecule has 0 atom stereocenters. The highest BCUT2D eigenvalue weighted by atomic mass is 32.2. The number of aryl methyl sites for hydroxylation is 1. The zero-order valence-electron chi connectivity index (χ0n) is 29.0. The van der Waals surface area contributed by atoms with E-state index < -0.39 is 66.1 Å². The summed E-state index contributed by atoms with van der Waals surface area (Å²) in [5.41, 5.74) is 6.00. The molecule has 4 aromatic carbocycles. The summed E-state index contributed by atoms with van der Waals surface area (Å²) in [5.74, 6) is -0.142. The molecule has 0 bridgehead atoms. The standard InChI is InChI=1S/C30H29N9O14S4/c1-16-8-18(4-6-26(16)39-38-21-11-24(56(47,48)49)15-25(12-21)57(50,51)52)34-30(35-29(31)40)33-17(2)32-27-7-5-19(13-28(27)53-3)36-37-20-9-22(54(41,42)43)14-23(10-20)55(44,45)46/h4-15,32H,2H2,1,3H3,(H,41,42,43)(H,44,45,46)(H,47,48,49)(H,50,51,52)(H4,31,33,34,35,40). The van der Waals surface area contributed by atoms with Crippen molar-refractivity contribution in [2.75, 3.05) is 17.7 Å². The number of amides is 2. The number of hydrogen-bond donors (Lipinski definition) is 8. The summed E-state index contributed by atoms with van der Waals surface area (Å²) in [4.78, 5) is 12.5. The Morgan fingerprint density at radius 2 is 1.12 bits per heavy atom. The predicted octanol–water partition coefficient (Wildman–Crippen LogP) is 4.84. The van der Waals surface area contributed by atoms with E-state index in [1.54, 1.807) is 6.92 Å². The minimum Gasteiger partial charge on any atom is -0.494 e. The van der Waals surface area contributed by atoms with Crippen molar-refractivity contribution in [1.29, 1.82) is 0 Å². The van der Waals surface area contributed by atoms with Crippen molar-refractivity contribution < 1.29 is 61.4 Å². The number of hydrogen-bond acceptors (Lipinski definition) is 16. The summed E-state index contributed by atoms with van der Waals surface area (Å²) in [6, 6.07) is 12.0. The van der Waals surface area contributed by atoms with Crippen molar-refractivity contribution in [2.24, 2.45) is 31.2 Å². The first kappa shape index (κ1) is 43.5. The molecule has 0 heterocycles. The zero-order valence-corrected chi connectivity index (χ0v) is 32.2. The third kappa shape index (κ3) is 12.4. The van der Waals surface area contributed by atoms with Gasteiger partial charge in [0.1, 0.15) is 11.6 Å². The van der Waals surface area contributed by atoms with Gasteiger partial charge in [-0.3, -0.25) is 23.5 Å². The Kier molecular flexibility index (Phi) is 12.9. The average molecular weight is 868 g/mol.